The SMILES string of the molecule is O=C(O)C1CCO[C@H]1C1CCN(C(=O)C2=NN(c3ccccc3)C(=O)CC2)CC1. The molecule has 0 aromatic heterocycles. The molecule has 8 heteroatoms. The first kappa shape index (κ1) is 19.6. The first-order valence-corrected chi connectivity index (χ1v) is 10.1. The highest BCUT2D eigenvalue weighted by molar-refractivity contribution is 6.40. The van der Waals surface area contributed by atoms with Gasteiger partial charge < -0.3 is 14.7 Å². The summed E-state index contributed by atoms with van der Waals surface area (Å²) in [5, 5.41) is 15.0. The summed E-state index contributed by atoms with van der Waals surface area (Å²) < 4.78 is 5.70. The molecule has 0 radical (unpaired) electrons. The van der Waals surface area contributed by atoms with Crippen molar-refractivity contribution in [2.75, 3.05) is 24.7 Å². The van der Waals surface area contributed by atoms with Gasteiger partial charge in [-0.25, -0.2) is 5.01 Å². The topological polar surface area (TPSA) is 99.5 Å². The van der Waals surface area contributed by atoms with Crippen molar-refractivity contribution in [3.63, 3.8) is 0 Å². The zero-order valence-electron chi connectivity index (χ0n) is 16.2. The van der Waals surface area contributed by atoms with E-state index >= 15 is 0 Å². The number of hydrogen-bond acceptors (Lipinski definition) is 5. The van der Waals surface area contributed by atoms with Crippen LogP contribution in [0.5, 0.6) is 0 Å². The Bertz CT molecular complexity index is 817. The van der Waals surface area contributed by atoms with Crippen LogP contribution in [0.25, 0.3) is 0 Å². The van der Waals surface area contributed by atoms with Crippen LogP contribution < -0.4 is 5.01 Å². The number of hydrazone groups is 1. The van der Waals surface area contributed by atoms with Gasteiger partial charge in [0.05, 0.1) is 17.7 Å². The molecule has 2 amide bonds. The van der Waals surface area contributed by atoms with Crippen LogP contribution in [0.2, 0.25) is 0 Å². The lowest BCUT2D eigenvalue weighted by Crippen LogP contribution is -2.47. The maximum Gasteiger partial charge on any atom is 0.309 e. The Labute approximate surface area is 169 Å². The molecule has 2 saturated heterocycles. The number of amides is 2. The molecular weight excluding hydrogens is 374 g/mol. The molecule has 0 spiro atoms. The molecule has 0 bridgehead atoms. The molecule has 2 fully saturated rings. The molecule has 1 aromatic rings. The molecule has 4 rings (SSSR count). The predicted molar refractivity (Wildman–Crippen MR) is 105 cm³/mol. The quantitative estimate of drug-likeness (QED) is 0.834. The van der Waals surface area contributed by atoms with Crippen molar-refractivity contribution >= 4 is 29.2 Å². The van der Waals surface area contributed by atoms with Gasteiger partial charge in [-0.2, -0.15) is 5.10 Å². The summed E-state index contributed by atoms with van der Waals surface area (Å²) in [5.41, 5.74) is 1.05. The molecule has 3 aliphatic rings. The van der Waals surface area contributed by atoms with Gasteiger partial charge in [0.1, 0.15) is 5.71 Å². The van der Waals surface area contributed by atoms with Gasteiger partial charge in [0, 0.05) is 32.5 Å². The molecule has 0 saturated carbocycles. The van der Waals surface area contributed by atoms with Crippen LogP contribution in [0.1, 0.15) is 32.1 Å². The number of carboxylic acid groups (broad SMARTS) is 1. The summed E-state index contributed by atoms with van der Waals surface area (Å²) in [4.78, 5) is 38.4. The second-order valence-electron chi connectivity index (χ2n) is 7.79. The number of carbonyl (C=O) groups excluding carboxylic acids is 2. The van der Waals surface area contributed by atoms with E-state index in [0.717, 1.165) is 12.8 Å². The molecule has 3 heterocycles. The van der Waals surface area contributed by atoms with Crippen LogP contribution >= 0.6 is 0 Å². The van der Waals surface area contributed by atoms with Gasteiger partial charge in [-0.15, -0.1) is 0 Å². The number of carbonyl (C=O) groups is 3. The molecule has 1 N–H and O–H groups in total. The van der Waals surface area contributed by atoms with E-state index in [1.165, 1.54) is 5.01 Å². The number of likely N-dealkylation sites (tertiary alicyclic amines) is 1. The van der Waals surface area contributed by atoms with E-state index < -0.39 is 11.9 Å². The third kappa shape index (κ3) is 4.03. The Morgan fingerprint density at radius 1 is 1.07 bits per heavy atom. The lowest BCUT2D eigenvalue weighted by atomic mass is 9.84. The number of hydrogen-bond donors (Lipinski definition) is 1. The molecule has 154 valence electrons. The molecule has 1 unspecified atom stereocenters. The Kier molecular flexibility index (Phi) is 5.62. The van der Waals surface area contributed by atoms with Crippen LogP contribution in [0, 0.1) is 11.8 Å². The van der Waals surface area contributed by atoms with Gasteiger partial charge >= 0.3 is 5.97 Å². The molecule has 3 aliphatic heterocycles. The number of rotatable bonds is 4. The average Bonchev–Trinajstić information content (AvgIpc) is 3.25. The second kappa shape index (κ2) is 8.32. The van der Waals surface area contributed by atoms with E-state index in [2.05, 4.69) is 5.10 Å². The Morgan fingerprint density at radius 3 is 2.48 bits per heavy atom. The highest BCUT2D eigenvalue weighted by Gasteiger charge is 2.41. The van der Waals surface area contributed by atoms with Gasteiger partial charge in [-0.3, -0.25) is 14.4 Å². The number of benzene rings is 1. The van der Waals surface area contributed by atoms with Gasteiger partial charge in [0.2, 0.25) is 5.91 Å². The minimum Gasteiger partial charge on any atom is -0.481 e. The maximum atomic E-state index is 13.0. The normalized spacial score (nSPS) is 25.8. The van der Waals surface area contributed by atoms with Crippen molar-refractivity contribution < 1.29 is 24.2 Å². The summed E-state index contributed by atoms with van der Waals surface area (Å²) in [7, 11) is 0. The zero-order valence-corrected chi connectivity index (χ0v) is 16.2. The van der Waals surface area contributed by atoms with Crippen molar-refractivity contribution in [1.29, 1.82) is 0 Å². The summed E-state index contributed by atoms with van der Waals surface area (Å²) in [6.45, 7) is 1.59. The largest absolute Gasteiger partial charge is 0.481 e. The van der Waals surface area contributed by atoms with Gasteiger partial charge in [-0.05, 0) is 37.3 Å². The van der Waals surface area contributed by atoms with Crippen molar-refractivity contribution in [2.45, 2.75) is 38.2 Å². The predicted octanol–water partition coefficient (Wildman–Crippen LogP) is 1.90. The Morgan fingerprint density at radius 2 is 1.79 bits per heavy atom. The molecule has 0 aliphatic carbocycles. The van der Waals surface area contributed by atoms with Crippen molar-refractivity contribution in [3.05, 3.63) is 30.3 Å². The van der Waals surface area contributed by atoms with E-state index in [0.29, 0.717) is 43.9 Å². The van der Waals surface area contributed by atoms with E-state index in [1.54, 1.807) is 17.0 Å². The molecular formula is C21H25N3O5. The molecule has 29 heavy (non-hydrogen) atoms. The molecule has 2 atom stereocenters. The summed E-state index contributed by atoms with van der Waals surface area (Å²) in [6.07, 6.45) is 2.32. The minimum absolute atomic E-state index is 0.121. The second-order valence-corrected chi connectivity index (χ2v) is 7.79. The monoisotopic (exact) mass is 399 g/mol. The van der Waals surface area contributed by atoms with Crippen molar-refractivity contribution in [3.8, 4) is 0 Å². The highest BCUT2D eigenvalue weighted by atomic mass is 16.5. The van der Waals surface area contributed by atoms with Crippen molar-refractivity contribution in [2.24, 2.45) is 16.9 Å². The first-order valence-electron chi connectivity index (χ1n) is 10.1. The smallest absolute Gasteiger partial charge is 0.309 e. The highest BCUT2D eigenvalue weighted by Crippen LogP contribution is 2.33. The zero-order chi connectivity index (χ0) is 20.4. The number of carboxylic acids is 1. The Balaban J connectivity index is 1.40. The summed E-state index contributed by atoms with van der Waals surface area (Å²) in [6, 6.07) is 9.10. The number of para-hydroxylation sites is 1. The fourth-order valence-corrected chi connectivity index (χ4v) is 4.43. The lowest BCUT2D eigenvalue weighted by Gasteiger charge is -2.36. The number of ether oxygens (including phenoxy) is 1. The van der Waals surface area contributed by atoms with Crippen LogP contribution in [0.15, 0.2) is 35.4 Å². The van der Waals surface area contributed by atoms with Crippen LogP contribution in [0.4, 0.5) is 5.69 Å². The first-order chi connectivity index (χ1) is 14.0. The van der Waals surface area contributed by atoms with Gasteiger partial charge in [0.15, 0.2) is 0 Å². The third-order valence-electron chi connectivity index (χ3n) is 6.02. The van der Waals surface area contributed by atoms with Crippen molar-refractivity contribution in [1.82, 2.24) is 4.90 Å². The number of nitrogens with zero attached hydrogens (tertiary/aromatic N) is 3. The van der Waals surface area contributed by atoms with Crippen LogP contribution in [-0.4, -0.2) is 59.3 Å². The van der Waals surface area contributed by atoms with Crippen LogP contribution in [-0.2, 0) is 19.1 Å². The third-order valence-corrected chi connectivity index (χ3v) is 6.02. The lowest BCUT2D eigenvalue weighted by molar-refractivity contribution is -0.145. The fourth-order valence-electron chi connectivity index (χ4n) is 4.43. The number of aliphatic carboxylic acids is 1. The van der Waals surface area contributed by atoms with Gasteiger partial charge in [-0.1, -0.05) is 18.2 Å². The van der Waals surface area contributed by atoms with Gasteiger partial charge in [0.25, 0.3) is 5.91 Å². The maximum absolute atomic E-state index is 13.0. The minimum atomic E-state index is -0.798. The number of anilines is 1. The van der Waals surface area contributed by atoms with Crippen LogP contribution in [0.3, 0.4) is 0 Å². The number of piperidine rings is 1. The fraction of sp³-hybridized carbons (Fsp3) is 0.524. The summed E-state index contributed by atoms with van der Waals surface area (Å²) in [5.74, 6) is -1.36. The summed E-state index contributed by atoms with van der Waals surface area (Å²) >= 11 is 0. The van der Waals surface area contributed by atoms with E-state index in [1.807, 2.05) is 18.2 Å². The van der Waals surface area contributed by atoms with E-state index in [-0.39, 0.29) is 30.3 Å². The molecule has 1 aromatic carbocycles. The van der Waals surface area contributed by atoms with E-state index in [4.69, 9.17) is 4.74 Å². The van der Waals surface area contributed by atoms with E-state index in [9.17, 15) is 19.5 Å². The Hall–Kier alpha value is -2.74. The standard InChI is InChI=1S/C21H25N3O5/c25-18-7-6-17(22-24(18)15-4-2-1-3-5-15)20(26)23-11-8-14(9-12-23)19-16(21(27)28)10-13-29-19/h1-5,14,16,19H,6-13H2,(H,27,28)/t16?,19-/m0/s1. The average molecular weight is 399 g/mol. The molecule has 8 nitrogen and oxygen atoms in total.